The summed E-state index contributed by atoms with van der Waals surface area (Å²) in [5.41, 5.74) is 2.66. The summed E-state index contributed by atoms with van der Waals surface area (Å²) < 4.78 is 11.5. The fraction of sp³-hybridized carbons (Fsp3) is 0.286. The van der Waals surface area contributed by atoms with Crippen LogP contribution in [0.5, 0.6) is 11.5 Å². The van der Waals surface area contributed by atoms with Gasteiger partial charge in [0.2, 0.25) is 0 Å². The quantitative estimate of drug-likeness (QED) is 0.450. The van der Waals surface area contributed by atoms with Gasteiger partial charge in [0.15, 0.2) is 6.10 Å². The molecule has 0 spiro atoms. The second kappa shape index (κ2) is 11.5. The van der Waals surface area contributed by atoms with Gasteiger partial charge in [-0.1, -0.05) is 38.1 Å². The topological polar surface area (TPSA) is 79.9 Å². The molecule has 0 radical (unpaired) electrons. The van der Waals surface area contributed by atoms with Crippen LogP contribution in [0.2, 0.25) is 0 Å². The van der Waals surface area contributed by atoms with Crippen LogP contribution in [0.1, 0.15) is 29.8 Å². The largest absolute Gasteiger partial charge is 0.492 e. The van der Waals surface area contributed by atoms with E-state index in [0.717, 1.165) is 36.7 Å². The molecule has 1 unspecified atom stereocenters. The van der Waals surface area contributed by atoms with Crippen molar-refractivity contribution in [1.82, 2.24) is 4.90 Å². The van der Waals surface area contributed by atoms with Gasteiger partial charge in [-0.3, -0.25) is 9.59 Å². The Bertz CT molecular complexity index is 1130. The Kier molecular flexibility index (Phi) is 8.00. The molecule has 0 aromatic heterocycles. The van der Waals surface area contributed by atoms with E-state index >= 15 is 0 Å². The minimum atomic E-state index is -0.586. The predicted molar refractivity (Wildman–Crippen MR) is 137 cm³/mol. The third-order valence-corrected chi connectivity index (χ3v) is 6.01. The fourth-order valence-electron chi connectivity index (χ4n) is 3.96. The third kappa shape index (κ3) is 6.39. The van der Waals surface area contributed by atoms with Crippen molar-refractivity contribution in [2.24, 2.45) is 0 Å². The molecule has 2 N–H and O–H groups in total. The number of para-hydroxylation sites is 1. The maximum atomic E-state index is 12.8. The summed E-state index contributed by atoms with van der Waals surface area (Å²) >= 11 is 0. The number of benzene rings is 3. The lowest BCUT2D eigenvalue weighted by Gasteiger charge is -2.18. The Labute approximate surface area is 206 Å². The van der Waals surface area contributed by atoms with E-state index in [-0.39, 0.29) is 11.8 Å². The lowest BCUT2D eigenvalue weighted by atomic mass is 10.1. The van der Waals surface area contributed by atoms with E-state index < -0.39 is 6.10 Å². The first-order chi connectivity index (χ1) is 17.1. The van der Waals surface area contributed by atoms with Crippen LogP contribution < -0.4 is 20.1 Å². The summed E-state index contributed by atoms with van der Waals surface area (Å²) in [4.78, 5) is 27.7. The molecule has 0 saturated heterocycles. The highest BCUT2D eigenvalue weighted by molar-refractivity contribution is 6.05. The fourth-order valence-corrected chi connectivity index (χ4v) is 3.96. The van der Waals surface area contributed by atoms with E-state index in [4.69, 9.17) is 9.47 Å². The number of hydrogen-bond donors (Lipinski definition) is 2. The highest BCUT2D eigenvalue weighted by atomic mass is 16.5. The molecule has 1 aliphatic heterocycles. The summed E-state index contributed by atoms with van der Waals surface area (Å²) in [6.07, 6.45) is -0.0604. The van der Waals surface area contributed by atoms with Gasteiger partial charge in [0.05, 0.1) is 0 Å². The molecule has 7 nitrogen and oxygen atoms in total. The van der Waals surface area contributed by atoms with Crippen LogP contribution in [-0.2, 0) is 11.2 Å². The van der Waals surface area contributed by atoms with E-state index in [2.05, 4.69) is 29.4 Å². The second-order valence-electron chi connectivity index (χ2n) is 8.34. The lowest BCUT2D eigenvalue weighted by Crippen LogP contribution is -2.31. The van der Waals surface area contributed by atoms with Crippen molar-refractivity contribution in [3.05, 3.63) is 83.9 Å². The zero-order valence-electron chi connectivity index (χ0n) is 20.1. The highest BCUT2D eigenvalue weighted by Gasteiger charge is 2.28. The Morgan fingerprint density at radius 1 is 0.943 bits per heavy atom. The van der Waals surface area contributed by atoms with Crippen molar-refractivity contribution in [2.45, 2.75) is 26.4 Å². The van der Waals surface area contributed by atoms with Crippen LogP contribution in [0.25, 0.3) is 0 Å². The molecule has 182 valence electrons. The van der Waals surface area contributed by atoms with Crippen molar-refractivity contribution >= 4 is 23.2 Å². The number of nitrogens with zero attached hydrogens (tertiary/aromatic N) is 1. The molecule has 3 aromatic carbocycles. The molecule has 4 rings (SSSR count). The van der Waals surface area contributed by atoms with Crippen molar-refractivity contribution in [3.63, 3.8) is 0 Å². The molecule has 0 saturated carbocycles. The Morgan fingerprint density at radius 3 is 2.46 bits per heavy atom. The number of hydrogen-bond acceptors (Lipinski definition) is 5. The van der Waals surface area contributed by atoms with E-state index in [1.165, 1.54) is 0 Å². The Balaban J connectivity index is 1.30. The van der Waals surface area contributed by atoms with Gasteiger partial charge in [-0.15, -0.1) is 0 Å². The van der Waals surface area contributed by atoms with Crippen molar-refractivity contribution in [1.29, 1.82) is 0 Å². The van der Waals surface area contributed by atoms with Crippen LogP contribution in [-0.4, -0.2) is 49.1 Å². The van der Waals surface area contributed by atoms with Gasteiger partial charge in [-0.05, 0) is 67.2 Å². The number of amides is 2. The van der Waals surface area contributed by atoms with Crippen molar-refractivity contribution in [2.75, 3.05) is 36.9 Å². The molecule has 2 amide bonds. The summed E-state index contributed by atoms with van der Waals surface area (Å²) in [5, 5.41) is 5.74. The minimum absolute atomic E-state index is 0.240. The standard InChI is InChI=1S/C28H31N3O4/c1-3-31(4-2)16-17-34-24-14-12-22(13-15-24)29-27(32)21-9-7-10-23(18-21)30-28(33)26-19-20-8-5-6-11-25(20)35-26/h5-15,18,26H,3-4,16-17,19H2,1-2H3,(H,29,32)(H,30,33). The minimum Gasteiger partial charge on any atom is -0.492 e. The van der Waals surface area contributed by atoms with E-state index in [1.807, 2.05) is 48.5 Å². The average molecular weight is 474 g/mol. The summed E-state index contributed by atoms with van der Waals surface area (Å²) in [6, 6.07) is 21.8. The highest BCUT2D eigenvalue weighted by Crippen LogP contribution is 2.28. The SMILES string of the molecule is CCN(CC)CCOc1ccc(NC(=O)c2cccc(NC(=O)C3Cc4ccccc4O3)c2)cc1. The molecule has 0 fully saturated rings. The van der Waals surface area contributed by atoms with Gasteiger partial charge in [-0.2, -0.15) is 0 Å². The van der Waals surface area contributed by atoms with Crippen molar-refractivity contribution in [3.8, 4) is 11.5 Å². The number of likely N-dealkylation sites (N-methyl/N-ethyl adjacent to an activating group) is 1. The number of rotatable bonds is 10. The van der Waals surface area contributed by atoms with Gasteiger partial charge in [0, 0.05) is 29.9 Å². The summed E-state index contributed by atoms with van der Waals surface area (Å²) in [6.45, 7) is 7.75. The van der Waals surface area contributed by atoms with Gasteiger partial charge < -0.3 is 25.0 Å². The van der Waals surface area contributed by atoms with E-state index in [9.17, 15) is 9.59 Å². The number of carbonyl (C=O) groups excluding carboxylic acids is 2. The molecule has 3 aromatic rings. The predicted octanol–water partition coefficient (Wildman–Crippen LogP) is 4.60. The average Bonchev–Trinajstić information content (AvgIpc) is 3.32. The first-order valence-corrected chi connectivity index (χ1v) is 12.0. The monoisotopic (exact) mass is 473 g/mol. The molecule has 1 aliphatic rings. The van der Waals surface area contributed by atoms with Crippen LogP contribution in [0.15, 0.2) is 72.8 Å². The van der Waals surface area contributed by atoms with Gasteiger partial charge >= 0.3 is 0 Å². The first kappa shape index (κ1) is 24.3. The second-order valence-corrected chi connectivity index (χ2v) is 8.34. The number of fused-ring (bicyclic) bond motifs is 1. The van der Waals surface area contributed by atoms with Gasteiger partial charge in [0.25, 0.3) is 11.8 Å². The molecule has 0 bridgehead atoms. The zero-order valence-corrected chi connectivity index (χ0v) is 20.1. The van der Waals surface area contributed by atoms with Gasteiger partial charge in [0.1, 0.15) is 18.1 Å². The first-order valence-electron chi connectivity index (χ1n) is 12.0. The number of ether oxygens (including phenoxy) is 2. The Hall–Kier alpha value is -3.84. The molecule has 35 heavy (non-hydrogen) atoms. The van der Waals surface area contributed by atoms with E-state index in [0.29, 0.717) is 30.0 Å². The third-order valence-electron chi connectivity index (χ3n) is 6.01. The molecular weight excluding hydrogens is 442 g/mol. The molecule has 1 heterocycles. The summed E-state index contributed by atoms with van der Waals surface area (Å²) in [7, 11) is 0. The number of nitrogens with one attached hydrogen (secondary N) is 2. The summed E-state index contributed by atoms with van der Waals surface area (Å²) in [5.74, 6) is 0.994. The van der Waals surface area contributed by atoms with Crippen LogP contribution in [0.4, 0.5) is 11.4 Å². The smallest absolute Gasteiger partial charge is 0.265 e. The number of carbonyl (C=O) groups is 2. The van der Waals surface area contributed by atoms with Gasteiger partial charge in [-0.25, -0.2) is 0 Å². The molecule has 1 atom stereocenters. The number of anilines is 2. The maximum Gasteiger partial charge on any atom is 0.265 e. The normalized spacial score (nSPS) is 14.2. The van der Waals surface area contributed by atoms with E-state index in [1.54, 1.807) is 24.3 Å². The molecule has 7 heteroatoms. The zero-order chi connectivity index (χ0) is 24.6. The van der Waals surface area contributed by atoms with Crippen LogP contribution >= 0.6 is 0 Å². The lowest BCUT2D eigenvalue weighted by molar-refractivity contribution is -0.122. The molecule has 0 aliphatic carbocycles. The Morgan fingerprint density at radius 2 is 1.71 bits per heavy atom. The van der Waals surface area contributed by atoms with Crippen LogP contribution in [0, 0.1) is 0 Å². The maximum absolute atomic E-state index is 12.8. The van der Waals surface area contributed by atoms with Crippen LogP contribution in [0.3, 0.4) is 0 Å². The van der Waals surface area contributed by atoms with Crippen molar-refractivity contribution < 1.29 is 19.1 Å². The molecular formula is C28H31N3O4.